The van der Waals surface area contributed by atoms with Crippen molar-refractivity contribution < 1.29 is 23.8 Å². The number of carbonyl (C=O) groups is 2. The van der Waals surface area contributed by atoms with E-state index in [1.165, 1.54) is 16.8 Å². The van der Waals surface area contributed by atoms with Gasteiger partial charge in [-0.25, -0.2) is 4.39 Å². The number of aliphatic hydroxyl groups is 1. The average Bonchev–Trinajstić information content (AvgIpc) is 3.08. The van der Waals surface area contributed by atoms with E-state index in [2.05, 4.69) is 15.7 Å². The van der Waals surface area contributed by atoms with Crippen molar-refractivity contribution in [3.05, 3.63) is 46.5 Å². The molecule has 10 heteroatoms. The molecule has 2 aromatic rings. The highest BCUT2D eigenvalue weighted by molar-refractivity contribution is 6.30. The Morgan fingerprint density at radius 1 is 1.28 bits per heavy atom. The van der Waals surface area contributed by atoms with Gasteiger partial charge in [-0.3, -0.25) is 14.3 Å². The number of hydrogen-bond donors (Lipinski definition) is 3. The Hall–Kier alpha value is -2.65. The molecule has 1 heterocycles. The first-order valence-corrected chi connectivity index (χ1v) is 10.9. The summed E-state index contributed by atoms with van der Waals surface area (Å²) in [5.41, 5.74) is -0.0939. The Morgan fingerprint density at radius 2 is 2.00 bits per heavy atom. The number of nitrogens with one attached hydrogen (secondary N) is 2. The molecule has 0 spiro atoms. The van der Waals surface area contributed by atoms with Crippen molar-refractivity contribution in [3.63, 3.8) is 0 Å². The maximum Gasteiger partial charge on any atom is 0.270 e. The lowest BCUT2D eigenvalue weighted by molar-refractivity contribution is -0.129. The molecular weight excluding hydrogens is 439 g/mol. The first kappa shape index (κ1) is 22.5. The summed E-state index contributed by atoms with van der Waals surface area (Å²) in [5.74, 6) is -1.03. The summed E-state index contributed by atoms with van der Waals surface area (Å²) >= 11 is 5.65. The third-order valence-electron chi connectivity index (χ3n) is 6.58. The zero-order chi connectivity index (χ0) is 23.1. The molecule has 3 fully saturated rings. The zero-order valence-corrected chi connectivity index (χ0v) is 18.7. The highest BCUT2D eigenvalue weighted by Crippen LogP contribution is 2.47. The molecule has 1 aromatic carbocycles. The van der Waals surface area contributed by atoms with Crippen molar-refractivity contribution in [1.29, 1.82) is 0 Å². The topological polar surface area (TPSA) is 105 Å². The number of carbonyl (C=O) groups excluding carboxylic acids is 2. The normalized spacial score (nSPS) is 26.6. The second kappa shape index (κ2) is 8.37. The number of ether oxygens (including phenoxy) is 1. The minimum absolute atomic E-state index is 0.0202. The van der Waals surface area contributed by atoms with Crippen molar-refractivity contribution in [2.45, 2.75) is 56.2 Å². The number of nitrogens with zero attached hydrogens (tertiary/aromatic N) is 2. The molecule has 0 saturated heterocycles. The average molecular weight is 465 g/mol. The van der Waals surface area contributed by atoms with Crippen molar-refractivity contribution in [3.8, 4) is 5.75 Å². The summed E-state index contributed by atoms with van der Waals surface area (Å²) < 4.78 is 20.4. The van der Waals surface area contributed by atoms with E-state index < -0.39 is 23.0 Å². The monoisotopic (exact) mass is 464 g/mol. The van der Waals surface area contributed by atoms with E-state index in [-0.39, 0.29) is 29.2 Å². The molecule has 32 heavy (non-hydrogen) atoms. The lowest BCUT2D eigenvalue weighted by Gasteiger charge is -2.56. The number of aryl methyl sites for hydroxylation is 2. The van der Waals surface area contributed by atoms with Gasteiger partial charge in [-0.15, -0.1) is 0 Å². The van der Waals surface area contributed by atoms with Crippen LogP contribution in [0.5, 0.6) is 5.75 Å². The molecule has 172 valence electrons. The molecule has 2 bridgehead atoms. The van der Waals surface area contributed by atoms with Gasteiger partial charge in [0.2, 0.25) is 0 Å². The third kappa shape index (κ3) is 4.31. The maximum atomic E-state index is 13.5. The van der Waals surface area contributed by atoms with Crippen LogP contribution in [0.15, 0.2) is 24.3 Å². The van der Waals surface area contributed by atoms with Gasteiger partial charge < -0.3 is 20.5 Å². The van der Waals surface area contributed by atoms with Gasteiger partial charge in [0.25, 0.3) is 11.8 Å². The first-order valence-electron chi connectivity index (χ1n) is 10.5. The molecule has 8 nitrogen and oxygen atoms in total. The van der Waals surface area contributed by atoms with E-state index in [9.17, 15) is 19.1 Å². The number of amides is 2. The SMILES string of the molecule is Cc1cc(C(=O)NC23CCC(NC(=O)COc4ccc(Cl)c(F)c4)(CC2)CC3O)n(C)n1. The zero-order valence-electron chi connectivity index (χ0n) is 18.0. The minimum Gasteiger partial charge on any atom is -0.484 e. The Morgan fingerprint density at radius 3 is 2.59 bits per heavy atom. The molecule has 2 amide bonds. The summed E-state index contributed by atoms with van der Waals surface area (Å²) in [6, 6.07) is 5.69. The largest absolute Gasteiger partial charge is 0.484 e. The van der Waals surface area contributed by atoms with Gasteiger partial charge >= 0.3 is 0 Å². The summed E-state index contributed by atoms with van der Waals surface area (Å²) in [7, 11) is 1.71. The Labute approximate surface area is 190 Å². The second-order valence-corrected chi connectivity index (χ2v) is 9.23. The van der Waals surface area contributed by atoms with Gasteiger partial charge in [0.05, 0.1) is 22.4 Å². The predicted molar refractivity (Wildman–Crippen MR) is 115 cm³/mol. The smallest absolute Gasteiger partial charge is 0.270 e. The molecule has 3 aliphatic rings. The molecule has 0 aliphatic heterocycles. The fourth-order valence-corrected chi connectivity index (χ4v) is 4.94. The van der Waals surface area contributed by atoms with E-state index in [1.807, 2.05) is 6.92 Å². The first-order chi connectivity index (χ1) is 15.1. The predicted octanol–water partition coefficient (Wildman–Crippen LogP) is 2.26. The summed E-state index contributed by atoms with van der Waals surface area (Å²) in [6.45, 7) is 1.54. The van der Waals surface area contributed by atoms with E-state index in [1.54, 1.807) is 13.1 Å². The van der Waals surface area contributed by atoms with Crippen LogP contribution in [0.4, 0.5) is 4.39 Å². The summed E-state index contributed by atoms with van der Waals surface area (Å²) in [4.78, 5) is 25.3. The van der Waals surface area contributed by atoms with Gasteiger partial charge in [0.15, 0.2) is 6.61 Å². The van der Waals surface area contributed by atoms with Crippen LogP contribution in [0.25, 0.3) is 0 Å². The van der Waals surface area contributed by atoms with Crippen molar-refractivity contribution >= 4 is 23.4 Å². The number of aromatic nitrogens is 2. The highest BCUT2D eigenvalue weighted by Gasteiger charge is 2.55. The molecule has 3 N–H and O–H groups in total. The van der Waals surface area contributed by atoms with E-state index in [0.717, 1.165) is 11.8 Å². The van der Waals surface area contributed by atoms with Crippen molar-refractivity contribution in [1.82, 2.24) is 20.4 Å². The van der Waals surface area contributed by atoms with Gasteiger partial charge in [-0.1, -0.05) is 11.6 Å². The highest BCUT2D eigenvalue weighted by atomic mass is 35.5. The molecule has 5 rings (SSSR count). The quantitative estimate of drug-likeness (QED) is 0.608. The maximum absolute atomic E-state index is 13.5. The van der Waals surface area contributed by atoms with Gasteiger partial charge in [-0.05, 0) is 57.2 Å². The van der Waals surface area contributed by atoms with Gasteiger partial charge in [0, 0.05) is 18.7 Å². The van der Waals surface area contributed by atoms with Crippen LogP contribution in [0.3, 0.4) is 0 Å². The second-order valence-electron chi connectivity index (χ2n) is 8.82. The van der Waals surface area contributed by atoms with Crippen LogP contribution in [-0.4, -0.2) is 50.5 Å². The molecular formula is C22H26ClFN4O4. The number of aliphatic hydroxyl groups excluding tert-OH is 1. The van der Waals surface area contributed by atoms with Crippen LogP contribution >= 0.6 is 11.6 Å². The summed E-state index contributed by atoms with van der Waals surface area (Å²) in [5, 5.41) is 21.1. The lowest BCUT2D eigenvalue weighted by atomic mass is 9.60. The van der Waals surface area contributed by atoms with E-state index >= 15 is 0 Å². The third-order valence-corrected chi connectivity index (χ3v) is 6.89. The molecule has 0 radical (unpaired) electrons. The number of fused-ring (bicyclic) bond motifs is 3. The fraction of sp³-hybridized carbons (Fsp3) is 0.500. The minimum atomic E-state index is -0.796. The van der Waals surface area contributed by atoms with Crippen LogP contribution in [0.2, 0.25) is 5.02 Å². The van der Waals surface area contributed by atoms with E-state index in [4.69, 9.17) is 16.3 Å². The molecule has 1 aromatic heterocycles. The van der Waals surface area contributed by atoms with Crippen LogP contribution < -0.4 is 15.4 Å². The Balaban J connectivity index is 1.35. The number of hydrogen-bond acceptors (Lipinski definition) is 5. The molecule has 1 unspecified atom stereocenters. The number of halogens is 2. The van der Waals surface area contributed by atoms with Crippen LogP contribution in [0.1, 0.15) is 48.3 Å². The van der Waals surface area contributed by atoms with Crippen molar-refractivity contribution in [2.24, 2.45) is 7.05 Å². The standard InChI is InChI=1S/C22H26ClFN4O4/c1-13-9-17(28(2)27-13)20(31)26-22-7-5-21(6-8-22,11-18(22)29)25-19(30)12-32-14-3-4-15(23)16(24)10-14/h3-4,9-10,18,29H,5-8,11-12H2,1-2H3,(H,25,30)(H,26,31). The number of benzene rings is 1. The van der Waals surface area contributed by atoms with Crippen LogP contribution in [-0.2, 0) is 11.8 Å². The van der Waals surface area contributed by atoms with Gasteiger partial charge in [0.1, 0.15) is 17.3 Å². The molecule has 1 atom stereocenters. The van der Waals surface area contributed by atoms with Crippen LogP contribution in [0, 0.1) is 12.7 Å². The summed E-state index contributed by atoms with van der Waals surface area (Å²) in [6.07, 6.45) is 1.86. The number of rotatable bonds is 6. The molecule has 3 aliphatic carbocycles. The van der Waals surface area contributed by atoms with E-state index in [0.29, 0.717) is 37.8 Å². The Bertz CT molecular complexity index is 1050. The lowest BCUT2D eigenvalue weighted by Crippen LogP contribution is -2.70. The Kier molecular flexibility index (Phi) is 5.89. The molecule has 3 saturated carbocycles. The van der Waals surface area contributed by atoms with Gasteiger partial charge in [-0.2, -0.15) is 5.10 Å². The van der Waals surface area contributed by atoms with Crippen molar-refractivity contribution in [2.75, 3.05) is 6.61 Å². The fourth-order valence-electron chi connectivity index (χ4n) is 4.82.